The van der Waals surface area contributed by atoms with E-state index in [0.717, 1.165) is 18.8 Å². The van der Waals surface area contributed by atoms with Crippen LogP contribution in [-0.4, -0.2) is 32.9 Å². The van der Waals surface area contributed by atoms with Crippen molar-refractivity contribution in [2.75, 3.05) is 19.7 Å². The molecular weight excluding hydrogens is 362 g/mol. The highest BCUT2D eigenvalue weighted by atomic mass is 28.4. The quantitative estimate of drug-likeness (QED) is 0.269. The topological polar surface area (TPSA) is 21.7 Å². The Hall–Kier alpha value is -1.42. The number of rotatable bonds is 12. The number of nitrogens with zero attached hydrogens (tertiary/aromatic N) is 1. The van der Waals surface area contributed by atoms with Crippen molar-refractivity contribution in [3.8, 4) is 0 Å². The van der Waals surface area contributed by atoms with E-state index in [1.54, 1.807) is 0 Å². The van der Waals surface area contributed by atoms with Crippen molar-refractivity contribution in [1.82, 2.24) is 4.90 Å². The van der Waals surface area contributed by atoms with Crippen LogP contribution in [0.15, 0.2) is 36.3 Å². The van der Waals surface area contributed by atoms with Crippen LogP contribution in [0, 0.1) is 0 Å². The number of ether oxygens (including phenoxy) is 1. The molecule has 0 unspecified atom stereocenters. The van der Waals surface area contributed by atoms with Crippen LogP contribution < -0.4 is 0 Å². The van der Waals surface area contributed by atoms with Crippen LogP contribution in [0.5, 0.6) is 0 Å². The molecule has 0 aromatic heterocycles. The van der Waals surface area contributed by atoms with Gasteiger partial charge in [0.25, 0.3) is 14.3 Å². The number of hydrogen-bond donors (Lipinski definition) is 0. The molecule has 160 valence electrons. The molecule has 0 aliphatic rings. The monoisotopic (exact) mass is 405 g/mol. The van der Waals surface area contributed by atoms with Crippen LogP contribution >= 0.6 is 0 Å². The van der Waals surface area contributed by atoms with Crippen LogP contribution in [0.4, 0.5) is 0 Å². The molecule has 1 aromatic carbocycles. The van der Waals surface area contributed by atoms with Gasteiger partial charge in [0.05, 0.1) is 6.61 Å². The van der Waals surface area contributed by atoms with Gasteiger partial charge in [0.1, 0.15) is 5.70 Å². The highest BCUT2D eigenvalue weighted by Crippen LogP contribution is 2.39. The van der Waals surface area contributed by atoms with E-state index < -0.39 is 8.32 Å². The summed E-state index contributed by atoms with van der Waals surface area (Å²) in [6, 6.07) is 10.6. The van der Waals surface area contributed by atoms with E-state index in [-0.39, 0.29) is 5.04 Å². The van der Waals surface area contributed by atoms with Gasteiger partial charge < -0.3 is 14.1 Å². The molecule has 0 bridgehead atoms. The molecular formula is C24H43NO2Si. The van der Waals surface area contributed by atoms with Crippen molar-refractivity contribution in [2.24, 2.45) is 0 Å². The van der Waals surface area contributed by atoms with Gasteiger partial charge in [-0.05, 0) is 37.9 Å². The second-order valence-electron chi connectivity index (χ2n) is 8.99. The van der Waals surface area contributed by atoms with Crippen molar-refractivity contribution in [2.45, 2.75) is 85.4 Å². The first-order valence-corrected chi connectivity index (χ1v) is 13.9. The van der Waals surface area contributed by atoms with Crippen LogP contribution in [0.25, 0.3) is 5.70 Å². The predicted octanol–water partition coefficient (Wildman–Crippen LogP) is 7.27. The molecule has 0 fully saturated rings. The van der Waals surface area contributed by atoms with Gasteiger partial charge in [0, 0.05) is 18.7 Å². The lowest BCUT2D eigenvalue weighted by Crippen LogP contribution is -2.41. The predicted molar refractivity (Wildman–Crippen MR) is 125 cm³/mol. The molecule has 0 aliphatic heterocycles. The zero-order valence-electron chi connectivity index (χ0n) is 19.6. The molecule has 0 radical (unpaired) electrons. The Morgan fingerprint density at radius 3 is 1.89 bits per heavy atom. The van der Waals surface area contributed by atoms with Crippen molar-refractivity contribution < 1.29 is 9.16 Å². The van der Waals surface area contributed by atoms with Gasteiger partial charge in [-0.25, -0.2) is 0 Å². The molecule has 1 rings (SSSR count). The van der Waals surface area contributed by atoms with Crippen molar-refractivity contribution in [3.05, 3.63) is 41.8 Å². The summed E-state index contributed by atoms with van der Waals surface area (Å²) in [6.07, 6.45) is 4.69. The summed E-state index contributed by atoms with van der Waals surface area (Å²) >= 11 is 0. The third-order valence-corrected chi connectivity index (χ3v) is 9.86. The Morgan fingerprint density at radius 1 is 0.929 bits per heavy atom. The summed E-state index contributed by atoms with van der Waals surface area (Å²) < 4.78 is 12.9. The maximum Gasteiger partial charge on any atom is 0.290 e. The molecule has 0 aliphatic carbocycles. The second kappa shape index (κ2) is 11.5. The van der Waals surface area contributed by atoms with Gasteiger partial charge in [0.2, 0.25) is 0 Å². The third kappa shape index (κ3) is 7.19. The highest BCUT2D eigenvalue weighted by molar-refractivity contribution is 6.74. The molecule has 0 saturated carbocycles. The fourth-order valence-electron chi connectivity index (χ4n) is 2.72. The SMILES string of the molecule is CCCCN(CCCC)/C(=C(\OCC)O[Si](C)(C)C(C)(C)C)c1ccccc1. The van der Waals surface area contributed by atoms with Crippen molar-refractivity contribution >= 4 is 14.0 Å². The average Bonchev–Trinajstić information content (AvgIpc) is 2.63. The van der Waals surface area contributed by atoms with E-state index >= 15 is 0 Å². The molecule has 4 heteroatoms. The summed E-state index contributed by atoms with van der Waals surface area (Å²) in [5.74, 6) is 0.715. The molecule has 0 heterocycles. The van der Waals surface area contributed by atoms with Gasteiger partial charge in [-0.3, -0.25) is 0 Å². The van der Waals surface area contributed by atoms with Gasteiger partial charge in [-0.15, -0.1) is 0 Å². The zero-order valence-corrected chi connectivity index (χ0v) is 20.6. The lowest BCUT2D eigenvalue weighted by Gasteiger charge is -2.38. The van der Waals surface area contributed by atoms with E-state index in [1.165, 1.54) is 31.2 Å². The standard InChI is InChI=1S/C24H43NO2Si/c1-9-12-19-25(20-13-10-2)22(21-17-15-14-16-18-21)23(26-11-3)27-28(7,8)24(4,5)6/h14-18H,9-13,19-20H2,1-8H3/b23-22+. The molecule has 0 amide bonds. The maximum atomic E-state index is 6.75. The summed E-state index contributed by atoms with van der Waals surface area (Å²) in [4.78, 5) is 2.49. The lowest BCUT2D eigenvalue weighted by molar-refractivity contribution is 0.103. The largest absolute Gasteiger partial charge is 0.517 e. The minimum atomic E-state index is -2.02. The summed E-state index contributed by atoms with van der Waals surface area (Å²) in [5, 5.41) is 0.120. The molecule has 0 saturated heterocycles. The number of hydrogen-bond acceptors (Lipinski definition) is 3. The molecule has 28 heavy (non-hydrogen) atoms. The van der Waals surface area contributed by atoms with Crippen molar-refractivity contribution in [3.63, 3.8) is 0 Å². The normalized spacial score (nSPS) is 13.1. The Bertz CT molecular complexity index is 582. The van der Waals surface area contributed by atoms with Crippen LogP contribution in [-0.2, 0) is 9.16 Å². The smallest absolute Gasteiger partial charge is 0.290 e. The van der Waals surface area contributed by atoms with Crippen molar-refractivity contribution in [1.29, 1.82) is 0 Å². The van der Waals surface area contributed by atoms with E-state index in [2.05, 4.69) is 82.9 Å². The zero-order chi connectivity index (χ0) is 21.2. The molecule has 0 atom stereocenters. The highest BCUT2D eigenvalue weighted by Gasteiger charge is 2.41. The first-order chi connectivity index (χ1) is 13.2. The first-order valence-electron chi connectivity index (χ1n) is 11.0. The molecule has 0 N–H and O–H groups in total. The van der Waals surface area contributed by atoms with Crippen LogP contribution in [0.3, 0.4) is 0 Å². The Balaban J connectivity index is 3.51. The van der Waals surface area contributed by atoms with Gasteiger partial charge in [0.15, 0.2) is 0 Å². The van der Waals surface area contributed by atoms with Gasteiger partial charge in [-0.2, -0.15) is 0 Å². The lowest BCUT2D eigenvalue weighted by atomic mass is 10.1. The molecule has 0 spiro atoms. The van der Waals surface area contributed by atoms with Gasteiger partial charge >= 0.3 is 0 Å². The summed E-state index contributed by atoms with van der Waals surface area (Å²) in [7, 11) is -2.02. The van der Waals surface area contributed by atoms with E-state index in [4.69, 9.17) is 9.16 Å². The summed E-state index contributed by atoms with van der Waals surface area (Å²) in [5.41, 5.74) is 2.30. The average molecular weight is 406 g/mol. The number of benzene rings is 1. The van der Waals surface area contributed by atoms with E-state index in [9.17, 15) is 0 Å². The van der Waals surface area contributed by atoms with Crippen LogP contribution in [0.1, 0.15) is 72.8 Å². The van der Waals surface area contributed by atoms with Gasteiger partial charge in [-0.1, -0.05) is 77.8 Å². The minimum absolute atomic E-state index is 0.120. The minimum Gasteiger partial charge on any atom is -0.517 e. The Morgan fingerprint density at radius 2 is 1.46 bits per heavy atom. The Kier molecular flexibility index (Phi) is 10.2. The van der Waals surface area contributed by atoms with E-state index in [1.807, 2.05) is 6.92 Å². The van der Waals surface area contributed by atoms with Crippen LogP contribution in [0.2, 0.25) is 18.1 Å². The summed E-state index contributed by atoms with van der Waals surface area (Å²) in [6.45, 7) is 20.6. The fourth-order valence-corrected chi connectivity index (χ4v) is 3.65. The molecule has 3 nitrogen and oxygen atoms in total. The molecule has 1 aromatic rings. The first kappa shape index (κ1) is 24.6. The second-order valence-corrected chi connectivity index (χ2v) is 13.7. The Labute approximate surface area is 175 Å². The number of unbranched alkanes of at least 4 members (excludes halogenated alkanes) is 2. The maximum absolute atomic E-state index is 6.75. The van der Waals surface area contributed by atoms with E-state index in [0.29, 0.717) is 12.6 Å². The third-order valence-electron chi connectivity index (χ3n) is 5.55. The fraction of sp³-hybridized carbons (Fsp3) is 0.667.